The topological polar surface area (TPSA) is 67.4 Å². The SMILES string of the molecule is Cc1cccc(C)c1NC(=O)C(NC(=O)OC(C)(C)C)C(C)C. The van der Waals surface area contributed by atoms with E-state index in [4.69, 9.17) is 4.74 Å². The molecule has 0 aliphatic rings. The van der Waals surface area contributed by atoms with E-state index in [2.05, 4.69) is 10.6 Å². The Morgan fingerprint density at radius 2 is 1.61 bits per heavy atom. The van der Waals surface area contributed by atoms with Gasteiger partial charge in [0.2, 0.25) is 5.91 Å². The van der Waals surface area contributed by atoms with E-state index in [0.29, 0.717) is 0 Å². The van der Waals surface area contributed by atoms with Crippen LogP contribution in [0.25, 0.3) is 0 Å². The summed E-state index contributed by atoms with van der Waals surface area (Å²) in [6.07, 6.45) is -0.590. The maximum absolute atomic E-state index is 12.6. The van der Waals surface area contributed by atoms with E-state index >= 15 is 0 Å². The van der Waals surface area contributed by atoms with Gasteiger partial charge in [-0.1, -0.05) is 32.0 Å². The highest BCUT2D eigenvalue weighted by atomic mass is 16.6. The summed E-state index contributed by atoms with van der Waals surface area (Å²) < 4.78 is 5.24. The van der Waals surface area contributed by atoms with Crippen molar-refractivity contribution in [1.82, 2.24) is 5.32 Å². The maximum Gasteiger partial charge on any atom is 0.408 e. The van der Waals surface area contributed by atoms with Crippen LogP contribution in [-0.4, -0.2) is 23.6 Å². The van der Waals surface area contributed by atoms with Crippen molar-refractivity contribution >= 4 is 17.7 Å². The second-order valence-corrected chi connectivity index (χ2v) is 7.12. The summed E-state index contributed by atoms with van der Waals surface area (Å²) in [5, 5.41) is 5.58. The van der Waals surface area contributed by atoms with Gasteiger partial charge < -0.3 is 15.4 Å². The van der Waals surface area contributed by atoms with Gasteiger partial charge in [-0.2, -0.15) is 0 Å². The number of benzene rings is 1. The fourth-order valence-electron chi connectivity index (χ4n) is 2.18. The third-order valence-electron chi connectivity index (χ3n) is 3.35. The van der Waals surface area contributed by atoms with Gasteiger partial charge in [0.05, 0.1) is 0 Å². The number of para-hydroxylation sites is 1. The summed E-state index contributed by atoms with van der Waals surface area (Å²) in [7, 11) is 0. The molecule has 1 rings (SSSR count). The number of rotatable bonds is 4. The quantitative estimate of drug-likeness (QED) is 0.887. The van der Waals surface area contributed by atoms with Crippen LogP contribution in [0.4, 0.5) is 10.5 Å². The summed E-state index contributed by atoms with van der Waals surface area (Å²) >= 11 is 0. The normalized spacial score (nSPS) is 12.7. The monoisotopic (exact) mass is 320 g/mol. The predicted octanol–water partition coefficient (Wildman–Crippen LogP) is 3.79. The first-order valence-corrected chi connectivity index (χ1v) is 7.88. The first kappa shape index (κ1) is 19.0. The summed E-state index contributed by atoms with van der Waals surface area (Å²) in [5.74, 6) is -0.310. The average molecular weight is 320 g/mol. The van der Waals surface area contributed by atoms with Crippen molar-refractivity contribution in [3.8, 4) is 0 Å². The van der Waals surface area contributed by atoms with Gasteiger partial charge in [-0.05, 0) is 51.7 Å². The van der Waals surface area contributed by atoms with Crippen molar-refractivity contribution in [3.63, 3.8) is 0 Å². The molecule has 0 aromatic heterocycles. The Morgan fingerprint density at radius 3 is 2.04 bits per heavy atom. The van der Waals surface area contributed by atoms with Gasteiger partial charge in [0.25, 0.3) is 0 Å². The Kier molecular flexibility index (Phi) is 6.19. The van der Waals surface area contributed by atoms with Crippen LogP contribution in [0.15, 0.2) is 18.2 Å². The van der Waals surface area contributed by atoms with Gasteiger partial charge in [-0.3, -0.25) is 4.79 Å². The van der Waals surface area contributed by atoms with Crippen LogP contribution in [0.3, 0.4) is 0 Å². The molecule has 1 aromatic rings. The maximum atomic E-state index is 12.6. The molecule has 0 bridgehead atoms. The Labute approximate surface area is 138 Å². The zero-order valence-corrected chi connectivity index (χ0v) is 15.1. The molecule has 5 nitrogen and oxygen atoms in total. The van der Waals surface area contributed by atoms with Crippen LogP contribution < -0.4 is 10.6 Å². The van der Waals surface area contributed by atoms with Crippen LogP contribution in [0, 0.1) is 19.8 Å². The lowest BCUT2D eigenvalue weighted by molar-refractivity contribution is -0.119. The Morgan fingerprint density at radius 1 is 1.09 bits per heavy atom. The van der Waals surface area contributed by atoms with E-state index < -0.39 is 17.7 Å². The zero-order chi connectivity index (χ0) is 17.8. The standard InChI is InChI=1S/C18H28N2O3/c1-11(2)14(20-17(22)23-18(5,6)7)16(21)19-15-12(3)9-8-10-13(15)4/h8-11,14H,1-7H3,(H,19,21)(H,20,22). The fourth-order valence-corrected chi connectivity index (χ4v) is 2.18. The van der Waals surface area contributed by atoms with Crippen molar-refractivity contribution in [2.75, 3.05) is 5.32 Å². The van der Waals surface area contributed by atoms with E-state index in [1.165, 1.54) is 0 Å². The van der Waals surface area contributed by atoms with Crippen LogP contribution in [0.2, 0.25) is 0 Å². The van der Waals surface area contributed by atoms with Gasteiger partial charge in [0.1, 0.15) is 11.6 Å². The molecule has 1 unspecified atom stereocenters. The minimum atomic E-state index is -0.663. The molecule has 0 saturated heterocycles. The average Bonchev–Trinajstić information content (AvgIpc) is 2.38. The molecule has 1 atom stereocenters. The molecule has 0 fully saturated rings. The molecule has 5 heteroatoms. The van der Waals surface area contributed by atoms with Crippen molar-refractivity contribution in [1.29, 1.82) is 0 Å². The Balaban J connectivity index is 2.85. The van der Waals surface area contributed by atoms with E-state index in [1.807, 2.05) is 45.9 Å². The van der Waals surface area contributed by atoms with E-state index in [1.54, 1.807) is 20.8 Å². The Bertz CT molecular complexity index is 554. The molecule has 128 valence electrons. The molecular weight excluding hydrogens is 292 g/mol. The molecule has 2 N–H and O–H groups in total. The third kappa shape index (κ3) is 5.93. The Hall–Kier alpha value is -2.04. The number of anilines is 1. The number of alkyl carbamates (subject to hydrolysis) is 1. The van der Waals surface area contributed by atoms with Gasteiger partial charge >= 0.3 is 6.09 Å². The number of carbonyl (C=O) groups is 2. The smallest absolute Gasteiger partial charge is 0.408 e. The van der Waals surface area contributed by atoms with Gasteiger partial charge in [-0.15, -0.1) is 0 Å². The number of carbonyl (C=O) groups excluding carboxylic acids is 2. The highest BCUT2D eigenvalue weighted by Gasteiger charge is 2.27. The number of aryl methyl sites for hydroxylation is 2. The number of hydrogen-bond acceptors (Lipinski definition) is 3. The third-order valence-corrected chi connectivity index (χ3v) is 3.35. The summed E-state index contributed by atoms with van der Waals surface area (Å²) in [5.41, 5.74) is 2.15. The summed E-state index contributed by atoms with van der Waals surface area (Å²) in [6.45, 7) is 13.0. The molecule has 0 spiro atoms. The fraction of sp³-hybridized carbons (Fsp3) is 0.556. The van der Waals surface area contributed by atoms with Crippen LogP contribution in [0.5, 0.6) is 0 Å². The molecule has 0 saturated carbocycles. The first-order chi connectivity index (χ1) is 10.5. The van der Waals surface area contributed by atoms with Gasteiger partial charge in [0, 0.05) is 5.69 Å². The number of nitrogens with one attached hydrogen (secondary N) is 2. The molecule has 0 radical (unpaired) electrons. The summed E-state index contributed by atoms with van der Waals surface area (Å²) in [6, 6.07) is 5.16. The molecule has 0 heterocycles. The largest absolute Gasteiger partial charge is 0.444 e. The van der Waals surface area contributed by atoms with E-state index in [-0.39, 0.29) is 11.8 Å². The molecule has 23 heavy (non-hydrogen) atoms. The van der Waals surface area contributed by atoms with E-state index in [9.17, 15) is 9.59 Å². The minimum Gasteiger partial charge on any atom is -0.444 e. The van der Waals surface area contributed by atoms with Gasteiger partial charge in [-0.25, -0.2) is 4.79 Å². The van der Waals surface area contributed by atoms with Crippen LogP contribution in [-0.2, 0) is 9.53 Å². The lowest BCUT2D eigenvalue weighted by atomic mass is 10.0. The molecule has 2 amide bonds. The molecule has 0 aliphatic heterocycles. The molecule has 1 aromatic carbocycles. The lowest BCUT2D eigenvalue weighted by Gasteiger charge is -2.25. The zero-order valence-electron chi connectivity index (χ0n) is 15.1. The van der Waals surface area contributed by atoms with Crippen LogP contribution >= 0.6 is 0 Å². The summed E-state index contributed by atoms with van der Waals surface area (Å²) in [4.78, 5) is 24.5. The minimum absolute atomic E-state index is 0.0631. The highest BCUT2D eigenvalue weighted by molar-refractivity contribution is 5.97. The lowest BCUT2D eigenvalue weighted by Crippen LogP contribution is -2.48. The predicted molar refractivity (Wildman–Crippen MR) is 92.5 cm³/mol. The van der Waals surface area contributed by atoms with Gasteiger partial charge in [0.15, 0.2) is 0 Å². The molecule has 0 aliphatic carbocycles. The first-order valence-electron chi connectivity index (χ1n) is 7.88. The molecular formula is C18H28N2O3. The van der Waals surface area contributed by atoms with Crippen LogP contribution in [0.1, 0.15) is 45.7 Å². The van der Waals surface area contributed by atoms with Crippen molar-refractivity contribution in [2.45, 2.75) is 60.1 Å². The second-order valence-electron chi connectivity index (χ2n) is 7.12. The van der Waals surface area contributed by atoms with Crippen molar-refractivity contribution < 1.29 is 14.3 Å². The second kappa shape index (κ2) is 7.49. The number of ether oxygens (including phenoxy) is 1. The van der Waals surface area contributed by atoms with E-state index in [0.717, 1.165) is 16.8 Å². The van der Waals surface area contributed by atoms with Crippen molar-refractivity contribution in [3.05, 3.63) is 29.3 Å². The van der Waals surface area contributed by atoms with Crippen molar-refractivity contribution in [2.24, 2.45) is 5.92 Å². The highest BCUT2D eigenvalue weighted by Crippen LogP contribution is 2.20. The number of amides is 2. The number of hydrogen-bond donors (Lipinski definition) is 2.